The molecule has 7 nitrogen and oxygen atoms in total. The molecule has 0 aromatic carbocycles. The molecule has 2 aromatic heterocycles. The van der Waals surface area contributed by atoms with Crippen molar-refractivity contribution < 1.29 is 4.74 Å². The van der Waals surface area contributed by atoms with Crippen molar-refractivity contribution in [3.8, 4) is 0 Å². The third-order valence-electron chi connectivity index (χ3n) is 3.31. The normalized spacial score (nSPS) is 18.7. The van der Waals surface area contributed by atoms with Crippen molar-refractivity contribution in [3.05, 3.63) is 30.2 Å². The first-order valence-electron chi connectivity index (χ1n) is 6.77. The molecule has 0 amide bonds. The third kappa shape index (κ3) is 4.03. The molecule has 0 saturated carbocycles. The molecule has 1 fully saturated rings. The van der Waals surface area contributed by atoms with Gasteiger partial charge in [-0.05, 0) is 25.0 Å². The first-order valence-corrected chi connectivity index (χ1v) is 6.77. The van der Waals surface area contributed by atoms with Crippen LogP contribution in [0.1, 0.15) is 18.7 Å². The van der Waals surface area contributed by atoms with E-state index in [-0.39, 0.29) is 30.1 Å². The highest BCUT2D eigenvalue weighted by atomic mass is 127. The van der Waals surface area contributed by atoms with E-state index in [1.54, 1.807) is 0 Å². The minimum absolute atomic E-state index is 0. The lowest BCUT2D eigenvalue weighted by atomic mass is 10.2. The maximum atomic E-state index is 5.84. The molecule has 21 heavy (non-hydrogen) atoms. The van der Waals surface area contributed by atoms with Crippen LogP contribution in [0, 0.1) is 0 Å². The number of fused-ring (bicyclic) bond motifs is 1. The van der Waals surface area contributed by atoms with Crippen molar-refractivity contribution in [2.75, 3.05) is 13.2 Å². The fourth-order valence-electron chi connectivity index (χ4n) is 2.23. The summed E-state index contributed by atoms with van der Waals surface area (Å²) in [5.74, 6) is 1.18. The number of nitrogens with zero attached hydrogens (tertiary/aromatic N) is 4. The SMILES string of the molecule is I.NC(=NCc1nnc2ccccn12)NCC1CCCO1. The lowest BCUT2D eigenvalue weighted by Crippen LogP contribution is -2.37. The van der Waals surface area contributed by atoms with Gasteiger partial charge < -0.3 is 15.8 Å². The highest BCUT2D eigenvalue weighted by molar-refractivity contribution is 14.0. The van der Waals surface area contributed by atoms with E-state index >= 15 is 0 Å². The average molecular weight is 402 g/mol. The molecule has 1 unspecified atom stereocenters. The molecule has 2 aromatic rings. The molecule has 114 valence electrons. The molecule has 1 aliphatic heterocycles. The highest BCUT2D eigenvalue weighted by Gasteiger charge is 2.14. The highest BCUT2D eigenvalue weighted by Crippen LogP contribution is 2.10. The molecule has 1 saturated heterocycles. The molecule has 1 atom stereocenters. The van der Waals surface area contributed by atoms with Crippen molar-refractivity contribution in [3.63, 3.8) is 0 Å². The molecule has 0 bridgehead atoms. The lowest BCUT2D eigenvalue weighted by Gasteiger charge is -2.10. The summed E-state index contributed by atoms with van der Waals surface area (Å²) < 4.78 is 7.41. The van der Waals surface area contributed by atoms with Gasteiger partial charge in [0.1, 0.15) is 6.54 Å². The van der Waals surface area contributed by atoms with Crippen LogP contribution >= 0.6 is 24.0 Å². The van der Waals surface area contributed by atoms with E-state index in [1.807, 2.05) is 28.8 Å². The van der Waals surface area contributed by atoms with Crippen LogP contribution in [0.15, 0.2) is 29.4 Å². The van der Waals surface area contributed by atoms with Crippen LogP contribution in [-0.4, -0.2) is 39.8 Å². The van der Waals surface area contributed by atoms with Crippen LogP contribution in [0.2, 0.25) is 0 Å². The summed E-state index contributed by atoms with van der Waals surface area (Å²) in [5, 5.41) is 11.3. The van der Waals surface area contributed by atoms with Crippen LogP contribution in [0.5, 0.6) is 0 Å². The van der Waals surface area contributed by atoms with Crippen molar-refractivity contribution in [1.82, 2.24) is 19.9 Å². The van der Waals surface area contributed by atoms with Gasteiger partial charge in [-0.2, -0.15) is 0 Å². The van der Waals surface area contributed by atoms with Crippen molar-refractivity contribution in [2.45, 2.75) is 25.5 Å². The monoisotopic (exact) mass is 402 g/mol. The number of halogens is 1. The summed E-state index contributed by atoms with van der Waals surface area (Å²) in [6.45, 7) is 1.95. The van der Waals surface area contributed by atoms with Crippen LogP contribution < -0.4 is 11.1 Å². The van der Waals surface area contributed by atoms with Crippen molar-refractivity contribution in [1.29, 1.82) is 0 Å². The first-order chi connectivity index (χ1) is 9.83. The molecule has 0 spiro atoms. The summed E-state index contributed by atoms with van der Waals surface area (Å²) >= 11 is 0. The lowest BCUT2D eigenvalue weighted by molar-refractivity contribution is 0.114. The molecule has 3 heterocycles. The van der Waals surface area contributed by atoms with Gasteiger partial charge in [-0.1, -0.05) is 6.07 Å². The van der Waals surface area contributed by atoms with Gasteiger partial charge in [0.25, 0.3) is 0 Å². The predicted molar refractivity (Wildman–Crippen MR) is 90.7 cm³/mol. The van der Waals surface area contributed by atoms with Gasteiger partial charge in [0.15, 0.2) is 17.4 Å². The van der Waals surface area contributed by atoms with E-state index in [1.165, 1.54) is 0 Å². The summed E-state index contributed by atoms with van der Waals surface area (Å²) in [7, 11) is 0. The second-order valence-corrected chi connectivity index (χ2v) is 4.76. The van der Waals surface area contributed by atoms with E-state index in [9.17, 15) is 0 Å². The Bertz CT molecular complexity index is 607. The molecular weight excluding hydrogens is 383 g/mol. The van der Waals surface area contributed by atoms with Crippen molar-refractivity contribution >= 4 is 35.6 Å². The smallest absolute Gasteiger partial charge is 0.189 e. The number of hydrogen-bond acceptors (Lipinski definition) is 4. The first kappa shape index (κ1) is 16.0. The number of pyridine rings is 1. The number of rotatable bonds is 4. The number of hydrogen-bond donors (Lipinski definition) is 2. The zero-order valence-electron chi connectivity index (χ0n) is 11.6. The minimum Gasteiger partial charge on any atom is -0.376 e. The largest absolute Gasteiger partial charge is 0.376 e. The number of aromatic nitrogens is 3. The number of ether oxygens (including phenoxy) is 1. The summed E-state index contributed by atoms with van der Waals surface area (Å²) in [6.07, 6.45) is 4.36. The third-order valence-corrected chi connectivity index (χ3v) is 3.31. The number of aliphatic imine (C=N–C) groups is 1. The fourth-order valence-corrected chi connectivity index (χ4v) is 2.23. The Morgan fingerprint density at radius 1 is 1.48 bits per heavy atom. The van der Waals surface area contributed by atoms with E-state index in [0.29, 0.717) is 19.0 Å². The number of guanidine groups is 1. The Morgan fingerprint density at radius 2 is 2.38 bits per heavy atom. The predicted octanol–water partition coefficient (Wildman–Crippen LogP) is 0.931. The fraction of sp³-hybridized carbons (Fsp3) is 0.462. The Labute approximate surface area is 140 Å². The second kappa shape index (κ2) is 7.55. The quantitative estimate of drug-likeness (QED) is 0.451. The zero-order valence-corrected chi connectivity index (χ0v) is 13.9. The van der Waals surface area contributed by atoms with Gasteiger partial charge in [-0.15, -0.1) is 34.2 Å². The van der Waals surface area contributed by atoms with E-state index < -0.39 is 0 Å². The zero-order chi connectivity index (χ0) is 13.8. The maximum absolute atomic E-state index is 5.84. The van der Waals surface area contributed by atoms with E-state index in [2.05, 4.69) is 20.5 Å². The van der Waals surface area contributed by atoms with Gasteiger partial charge in [-0.25, -0.2) is 4.99 Å². The standard InChI is InChI=1S/C13H18N6O.HI/c14-13(15-8-10-4-3-7-20-10)16-9-12-18-17-11-5-1-2-6-19(11)12;/h1-2,5-6,10H,3-4,7-9H2,(H3,14,15,16);1H. The Kier molecular flexibility index (Phi) is 5.74. The Morgan fingerprint density at radius 3 is 3.19 bits per heavy atom. The molecule has 1 aliphatic rings. The number of nitrogens with two attached hydrogens (primary N) is 1. The van der Waals surface area contributed by atoms with Gasteiger partial charge in [0.2, 0.25) is 0 Å². The average Bonchev–Trinajstić information content (AvgIpc) is 3.12. The topological polar surface area (TPSA) is 89.8 Å². The molecule has 8 heteroatoms. The summed E-state index contributed by atoms with van der Waals surface area (Å²) in [6, 6.07) is 5.76. The van der Waals surface area contributed by atoms with E-state index in [0.717, 1.165) is 30.9 Å². The molecule has 0 radical (unpaired) electrons. The van der Waals surface area contributed by atoms with Crippen LogP contribution in [0.25, 0.3) is 5.65 Å². The molecule has 3 rings (SSSR count). The van der Waals surface area contributed by atoms with Crippen LogP contribution in [-0.2, 0) is 11.3 Å². The Hall–Kier alpha value is -1.42. The van der Waals surface area contributed by atoms with E-state index in [4.69, 9.17) is 10.5 Å². The summed E-state index contributed by atoms with van der Waals surface area (Å²) in [5.41, 5.74) is 6.65. The van der Waals surface area contributed by atoms with Crippen LogP contribution in [0.3, 0.4) is 0 Å². The minimum atomic E-state index is 0. The Balaban J connectivity index is 0.00000161. The summed E-state index contributed by atoms with van der Waals surface area (Å²) in [4.78, 5) is 4.28. The second-order valence-electron chi connectivity index (χ2n) is 4.76. The van der Waals surface area contributed by atoms with Gasteiger partial charge in [0, 0.05) is 19.3 Å². The van der Waals surface area contributed by atoms with Crippen molar-refractivity contribution in [2.24, 2.45) is 10.7 Å². The van der Waals surface area contributed by atoms with Crippen LogP contribution in [0.4, 0.5) is 0 Å². The maximum Gasteiger partial charge on any atom is 0.189 e. The number of nitrogens with one attached hydrogen (secondary N) is 1. The molecule has 3 N–H and O–H groups in total. The van der Waals surface area contributed by atoms with Gasteiger partial charge in [0.05, 0.1) is 6.10 Å². The molecule has 0 aliphatic carbocycles. The molecular formula is C13H19IN6O. The van der Waals surface area contributed by atoms with Gasteiger partial charge >= 0.3 is 0 Å². The van der Waals surface area contributed by atoms with Gasteiger partial charge in [-0.3, -0.25) is 4.40 Å².